The average molecular weight is 192 g/mol. The molecule has 0 saturated carbocycles. The molecule has 0 radical (unpaired) electrons. The zero-order valence-corrected chi connectivity index (χ0v) is 7.96. The van der Waals surface area contributed by atoms with Crippen molar-refractivity contribution in [1.82, 2.24) is 5.32 Å². The predicted octanol–water partition coefficient (Wildman–Crippen LogP) is 0.737. The first-order valence-electron chi connectivity index (χ1n) is 4.47. The Labute approximate surface area is 82.3 Å². The summed E-state index contributed by atoms with van der Waals surface area (Å²) in [5.41, 5.74) is 1.91. The SMILES string of the molecule is COc1ccc2c(c1)NC(=O)CNC2. The van der Waals surface area contributed by atoms with Crippen LogP contribution in [-0.2, 0) is 11.3 Å². The van der Waals surface area contributed by atoms with E-state index in [1.807, 2.05) is 18.2 Å². The van der Waals surface area contributed by atoms with Crippen molar-refractivity contribution in [2.45, 2.75) is 6.54 Å². The number of carbonyl (C=O) groups is 1. The van der Waals surface area contributed by atoms with E-state index in [1.165, 1.54) is 0 Å². The van der Waals surface area contributed by atoms with E-state index in [9.17, 15) is 4.79 Å². The van der Waals surface area contributed by atoms with Crippen molar-refractivity contribution in [2.24, 2.45) is 0 Å². The van der Waals surface area contributed by atoms with E-state index in [0.29, 0.717) is 13.1 Å². The molecular weight excluding hydrogens is 180 g/mol. The van der Waals surface area contributed by atoms with Gasteiger partial charge in [0, 0.05) is 18.3 Å². The highest BCUT2D eigenvalue weighted by Gasteiger charge is 2.12. The molecule has 1 aliphatic rings. The fraction of sp³-hybridized carbons (Fsp3) is 0.300. The van der Waals surface area contributed by atoms with Crippen molar-refractivity contribution in [3.8, 4) is 5.75 Å². The number of fused-ring (bicyclic) bond motifs is 1. The van der Waals surface area contributed by atoms with E-state index in [4.69, 9.17) is 4.74 Å². The van der Waals surface area contributed by atoms with Gasteiger partial charge in [0.1, 0.15) is 5.75 Å². The fourth-order valence-corrected chi connectivity index (χ4v) is 1.46. The number of methoxy groups -OCH3 is 1. The maximum Gasteiger partial charge on any atom is 0.238 e. The highest BCUT2D eigenvalue weighted by atomic mass is 16.5. The molecule has 0 bridgehead atoms. The van der Waals surface area contributed by atoms with Crippen molar-refractivity contribution < 1.29 is 9.53 Å². The molecule has 1 heterocycles. The Balaban J connectivity index is 2.36. The molecule has 0 aliphatic carbocycles. The molecule has 1 aliphatic heterocycles. The summed E-state index contributed by atoms with van der Waals surface area (Å²) < 4.78 is 5.08. The second-order valence-corrected chi connectivity index (χ2v) is 3.17. The van der Waals surface area contributed by atoms with Gasteiger partial charge >= 0.3 is 0 Å². The summed E-state index contributed by atoms with van der Waals surface area (Å²) in [5, 5.41) is 5.85. The lowest BCUT2D eigenvalue weighted by Gasteiger charge is -2.07. The van der Waals surface area contributed by atoms with Crippen LogP contribution in [0.1, 0.15) is 5.56 Å². The molecule has 4 heteroatoms. The van der Waals surface area contributed by atoms with Crippen LogP contribution in [0.3, 0.4) is 0 Å². The van der Waals surface area contributed by atoms with Gasteiger partial charge in [0.15, 0.2) is 0 Å². The third-order valence-corrected chi connectivity index (χ3v) is 2.19. The van der Waals surface area contributed by atoms with Crippen LogP contribution in [0.25, 0.3) is 0 Å². The third-order valence-electron chi connectivity index (χ3n) is 2.19. The summed E-state index contributed by atoms with van der Waals surface area (Å²) in [5.74, 6) is 0.739. The van der Waals surface area contributed by atoms with Gasteiger partial charge in [-0.3, -0.25) is 4.79 Å². The van der Waals surface area contributed by atoms with Crippen LogP contribution in [0.15, 0.2) is 18.2 Å². The van der Waals surface area contributed by atoms with E-state index in [-0.39, 0.29) is 5.91 Å². The molecule has 4 nitrogen and oxygen atoms in total. The minimum absolute atomic E-state index is 0.0167. The Hall–Kier alpha value is -1.55. The Kier molecular flexibility index (Phi) is 2.37. The van der Waals surface area contributed by atoms with Gasteiger partial charge in [-0.1, -0.05) is 6.07 Å². The van der Waals surface area contributed by atoms with Crippen LogP contribution in [0.5, 0.6) is 5.75 Å². The van der Waals surface area contributed by atoms with Gasteiger partial charge in [-0.15, -0.1) is 0 Å². The summed E-state index contributed by atoms with van der Waals surface area (Å²) >= 11 is 0. The molecule has 74 valence electrons. The summed E-state index contributed by atoms with van der Waals surface area (Å²) in [7, 11) is 1.61. The smallest absolute Gasteiger partial charge is 0.238 e. The van der Waals surface area contributed by atoms with E-state index in [0.717, 1.165) is 17.0 Å². The number of hydrogen-bond acceptors (Lipinski definition) is 3. The molecule has 1 aromatic rings. The van der Waals surface area contributed by atoms with Crippen LogP contribution in [0.4, 0.5) is 5.69 Å². The van der Waals surface area contributed by atoms with Crippen LogP contribution in [0, 0.1) is 0 Å². The highest BCUT2D eigenvalue weighted by molar-refractivity contribution is 5.93. The fourth-order valence-electron chi connectivity index (χ4n) is 1.46. The quantitative estimate of drug-likeness (QED) is 0.690. The maximum absolute atomic E-state index is 11.2. The molecule has 0 saturated heterocycles. The van der Waals surface area contributed by atoms with Crippen molar-refractivity contribution in [3.05, 3.63) is 23.8 Å². The average Bonchev–Trinajstić information content (AvgIpc) is 2.37. The van der Waals surface area contributed by atoms with Gasteiger partial charge in [-0.2, -0.15) is 0 Å². The number of benzene rings is 1. The summed E-state index contributed by atoms with van der Waals surface area (Å²) in [6.07, 6.45) is 0. The second kappa shape index (κ2) is 3.67. The van der Waals surface area contributed by atoms with E-state index in [2.05, 4.69) is 10.6 Å². The summed E-state index contributed by atoms with van der Waals surface area (Å²) in [4.78, 5) is 11.2. The molecule has 2 rings (SSSR count). The summed E-state index contributed by atoms with van der Waals surface area (Å²) in [6, 6.07) is 5.67. The lowest BCUT2D eigenvalue weighted by atomic mass is 10.1. The molecule has 14 heavy (non-hydrogen) atoms. The van der Waals surface area contributed by atoms with Crippen molar-refractivity contribution in [2.75, 3.05) is 19.0 Å². The van der Waals surface area contributed by atoms with Crippen LogP contribution in [0.2, 0.25) is 0 Å². The molecule has 0 atom stereocenters. The minimum Gasteiger partial charge on any atom is -0.497 e. The number of hydrogen-bond donors (Lipinski definition) is 2. The minimum atomic E-state index is -0.0167. The molecule has 1 amide bonds. The second-order valence-electron chi connectivity index (χ2n) is 3.17. The lowest BCUT2D eigenvalue weighted by Crippen LogP contribution is -2.23. The first-order valence-corrected chi connectivity index (χ1v) is 4.47. The van der Waals surface area contributed by atoms with Crippen molar-refractivity contribution in [3.63, 3.8) is 0 Å². The van der Waals surface area contributed by atoms with Crippen molar-refractivity contribution >= 4 is 11.6 Å². The molecule has 0 fully saturated rings. The topological polar surface area (TPSA) is 50.4 Å². The zero-order chi connectivity index (χ0) is 9.97. The molecule has 2 N–H and O–H groups in total. The number of rotatable bonds is 1. The van der Waals surface area contributed by atoms with E-state index in [1.54, 1.807) is 7.11 Å². The summed E-state index contributed by atoms with van der Waals surface area (Å²) in [6.45, 7) is 1.06. The largest absolute Gasteiger partial charge is 0.497 e. The maximum atomic E-state index is 11.2. The van der Waals surface area contributed by atoms with Crippen LogP contribution < -0.4 is 15.4 Å². The standard InChI is InChI=1S/C10H12N2O2/c1-14-8-3-2-7-5-11-6-10(13)12-9(7)4-8/h2-4,11H,5-6H2,1H3,(H,12,13). The van der Waals surface area contributed by atoms with Gasteiger partial charge in [-0.25, -0.2) is 0 Å². The lowest BCUT2D eigenvalue weighted by molar-refractivity contribution is -0.115. The number of ether oxygens (including phenoxy) is 1. The van der Waals surface area contributed by atoms with Gasteiger partial charge in [-0.05, 0) is 11.6 Å². The Bertz CT molecular complexity index is 363. The van der Waals surface area contributed by atoms with E-state index >= 15 is 0 Å². The molecule has 0 unspecified atom stereocenters. The highest BCUT2D eigenvalue weighted by Crippen LogP contribution is 2.23. The number of carbonyl (C=O) groups excluding carboxylic acids is 1. The van der Waals surface area contributed by atoms with Gasteiger partial charge in [0.05, 0.1) is 13.7 Å². The Morgan fingerprint density at radius 2 is 2.21 bits per heavy atom. The number of nitrogens with one attached hydrogen (secondary N) is 2. The normalized spacial score (nSPS) is 15.4. The van der Waals surface area contributed by atoms with Gasteiger partial charge in [0.25, 0.3) is 0 Å². The number of amides is 1. The molecule has 0 aromatic heterocycles. The van der Waals surface area contributed by atoms with Crippen molar-refractivity contribution in [1.29, 1.82) is 0 Å². The third kappa shape index (κ3) is 1.70. The van der Waals surface area contributed by atoms with Gasteiger partial charge < -0.3 is 15.4 Å². The predicted molar refractivity (Wildman–Crippen MR) is 53.3 cm³/mol. The van der Waals surface area contributed by atoms with Gasteiger partial charge in [0.2, 0.25) is 5.91 Å². The zero-order valence-electron chi connectivity index (χ0n) is 7.96. The number of anilines is 1. The van der Waals surface area contributed by atoms with Crippen LogP contribution in [-0.4, -0.2) is 19.6 Å². The monoisotopic (exact) mass is 192 g/mol. The first kappa shape index (κ1) is 9.02. The molecular formula is C10H12N2O2. The first-order chi connectivity index (χ1) is 6.79. The Morgan fingerprint density at radius 3 is 3.00 bits per heavy atom. The Morgan fingerprint density at radius 1 is 1.36 bits per heavy atom. The van der Waals surface area contributed by atoms with Crippen LogP contribution >= 0.6 is 0 Å². The van der Waals surface area contributed by atoms with E-state index < -0.39 is 0 Å². The molecule has 1 aromatic carbocycles. The molecule has 0 spiro atoms.